The van der Waals surface area contributed by atoms with Gasteiger partial charge in [-0.25, -0.2) is 0 Å². The van der Waals surface area contributed by atoms with Crippen LogP contribution in [0, 0.1) is 0 Å². The van der Waals surface area contributed by atoms with Gasteiger partial charge in [0.1, 0.15) is 0 Å². The molecule has 0 saturated carbocycles. The van der Waals surface area contributed by atoms with Gasteiger partial charge in [-0.15, -0.1) is 0 Å². The van der Waals surface area contributed by atoms with Crippen LogP contribution < -0.4 is 9.47 Å². The van der Waals surface area contributed by atoms with Crippen molar-refractivity contribution in [2.45, 2.75) is 45.4 Å². The van der Waals surface area contributed by atoms with Gasteiger partial charge in [0.2, 0.25) is 6.79 Å². The Morgan fingerprint density at radius 3 is 2.80 bits per heavy atom. The highest BCUT2D eigenvalue weighted by molar-refractivity contribution is 5.73. The average Bonchev–Trinajstić information content (AvgIpc) is 2.90. The minimum absolute atomic E-state index is 0.181. The van der Waals surface area contributed by atoms with E-state index >= 15 is 0 Å². The van der Waals surface area contributed by atoms with Crippen LogP contribution >= 0.6 is 0 Å². The first-order valence-corrected chi connectivity index (χ1v) is 7.33. The summed E-state index contributed by atoms with van der Waals surface area (Å²) in [6.07, 6.45) is 6.06. The second-order valence-corrected chi connectivity index (χ2v) is 5.00. The van der Waals surface area contributed by atoms with Gasteiger partial charge in [0.05, 0.1) is 13.0 Å². The Bertz CT molecular complexity index is 442. The average molecular weight is 278 g/mol. The van der Waals surface area contributed by atoms with Crippen molar-refractivity contribution >= 4 is 5.97 Å². The van der Waals surface area contributed by atoms with Crippen LogP contribution in [0.4, 0.5) is 0 Å². The lowest BCUT2D eigenvalue weighted by molar-refractivity contribution is -0.142. The summed E-state index contributed by atoms with van der Waals surface area (Å²) in [5.41, 5.74) is 0.894. The van der Waals surface area contributed by atoms with E-state index in [1.165, 1.54) is 19.3 Å². The van der Waals surface area contributed by atoms with Crippen molar-refractivity contribution in [3.05, 3.63) is 23.8 Å². The number of ether oxygens (including phenoxy) is 3. The Balaban J connectivity index is 1.67. The van der Waals surface area contributed by atoms with Gasteiger partial charge < -0.3 is 14.2 Å². The van der Waals surface area contributed by atoms with Crippen LogP contribution in [0.1, 0.15) is 44.6 Å². The summed E-state index contributed by atoms with van der Waals surface area (Å²) in [5.74, 6) is 1.26. The zero-order chi connectivity index (χ0) is 14.2. The van der Waals surface area contributed by atoms with E-state index in [9.17, 15) is 4.79 Å². The van der Waals surface area contributed by atoms with E-state index in [-0.39, 0.29) is 19.2 Å². The van der Waals surface area contributed by atoms with E-state index in [2.05, 4.69) is 6.92 Å². The number of esters is 1. The highest BCUT2D eigenvalue weighted by Gasteiger charge is 2.14. The third-order valence-electron chi connectivity index (χ3n) is 3.30. The number of fused-ring (bicyclic) bond motifs is 1. The maximum absolute atomic E-state index is 11.7. The minimum Gasteiger partial charge on any atom is -0.465 e. The molecule has 1 aliphatic heterocycles. The molecule has 1 heterocycles. The van der Waals surface area contributed by atoms with Crippen LogP contribution in [0.2, 0.25) is 0 Å². The van der Waals surface area contributed by atoms with Crippen molar-refractivity contribution in [2.24, 2.45) is 0 Å². The molecule has 0 spiro atoms. The molecule has 0 fully saturated rings. The van der Waals surface area contributed by atoms with E-state index in [1.807, 2.05) is 18.2 Å². The van der Waals surface area contributed by atoms with E-state index in [0.29, 0.717) is 12.4 Å². The smallest absolute Gasteiger partial charge is 0.310 e. The summed E-state index contributed by atoms with van der Waals surface area (Å²) in [6.45, 7) is 2.96. The molecular formula is C16H22O4. The van der Waals surface area contributed by atoms with Crippen LogP contribution in [0.3, 0.4) is 0 Å². The van der Waals surface area contributed by atoms with E-state index in [4.69, 9.17) is 14.2 Å². The Kier molecular flexibility index (Phi) is 5.71. The van der Waals surface area contributed by atoms with Crippen molar-refractivity contribution in [2.75, 3.05) is 13.4 Å². The Labute approximate surface area is 120 Å². The summed E-state index contributed by atoms with van der Waals surface area (Å²) >= 11 is 0. The van der Waals surface area contributed by atoms with Gasteiger partial charge in [0.25, 0.3) is 0 Å². The number of hydrogen-bond acceptors (Lipinski definition) is 4. The van der Waals surface area contributed by atoms with Gasteiger partial charge in [-0.05, 0) is 24.1 Å². The topological polar surface area (TPSA) is 44.8 Å². The highest BCUT2D eigenvalue weighted by atomic mass is 16.7. The summed E-state index contributed by atoms with van der Waals surface area (Å²) in [5, 5.41) is 0. The Morgan fingerprint density at radius 1 is 1.15 bits per heavy atom. The minimum atomic E-state index is -0.181. The summed E-state index contributed by atoms with van der Waals surface area (Å²) in [4.78, 5) is 11.7. The van der Waals surface area contributed by atoms with Crippen molar-refractivity contribution in [1.29, 1.82) is 0 Å². The normalized spacial score (nSPS) is 12.4. The van der Waals surface area contributed by atoms with E-state index in [1.54, 1.807) is 0 Å². The van der Waals surface area contributed by atoms with Crippen LogP contribution in [-0.2, 0) is 16.0 Å². The highest BCUT2D eigenvalue weighted by Crippen LogP contribution is 2.32. The van der Waals surface area contributed by atoms with Gasteiger partial charge >= 0.3 is 5.97 Å². The van der Waals surface area contributed by atoms with Gasteiger partial charge in [0, 0.05) is 0 Å². The quantitative estimate of drug-likeness (QED) is 0.539. The first-order chi connectivity index (χ1) is 9.79. The molecule has 0 bridgehead atoms. The molecule has 20 heavy (non-hydrogen) atoms. The number of benzene rings is 1. The van der Waals surface area contributed by atoms with Crippen LogP contribution in [-0.4, -0.2) is 19.4 Å². The first kappa shape index (κ1) is 14.7. The molecule has 1 aromatic carbocycles. The molecule has 0 aliphatic carbocycles. The molecular weight excluding hydrogens is 256 g/mol. The third-order valence-corrected chi connectivity index (χ3v) is 3.30. The van der Waals surface area contributed by atoms with Gasteiger partial charge in [-0.2, -0.15) is 0 Å². The molecule has 0 radical (unpaired) electrons. The van der Waals surface area contributed by atoms with E-state index in [0.717, 1.165) is 24.2 Å². The summed E-state index contributed by atoms with van der Waals surface area (Å²) < 4.78 is 15.7. The molecule has 0 amide bonds. The maximum Gasteiger partial charge on any atom is 0.310 e. The standard InChI is InChI=1S/C16H22O4/c1-2-3-4-5-6-9-18-16(17)11-13-7-8-14-15(10-13)20-12-19-14/h7-8,10H,2-6,9,11-12H2,1H3. The van der Waals surface area contributed by atoms with Gasteiger partial charge in [-0.3, -0.25) is 4.79 Å². The summed E-state index contributed by atoms with van der Waals surface area (Å²) in [6, 6.07) is 5.54. The largest absolute Gasteiger partial charge is 0.465 e. The lowest BCUT2D eigenvalue weighted by atomic mass is 10.1. The zero-order valence-corrected chi connectivity index (χ0v) is 12.0. The molecule has 0 saturated heterocycles. The molecule has 4 heteroatoms. The van der Waals surface area contributed by atoms with Gasteiger partial charge in [-0.1, -0.05) is 38.7 Å². The molecule has 2 rings (SSSR count). The molecule has 0 atom stereocenters. The molecule has 1 aromatic rings. The van der Waals surface area contributed by atoms with Crippen LogP contribution in [0.15, 0.2) is 18.2 Å². The monoisotopic (exact) mass is 278 g/mol. The molecule has 0 aromatic heterocycles. The summed E-state index contributed by atoms with van der Waals surface area (Å²) in [7, 11) is 0. The number of hydrogen-bond donors (Lipinski definition) is 0. The molecule has 110 valence electrons. The number of carbonyl (C=O) groups excluding carboxylic acids is 1. The number of rotatable bonds is 8. The Morgan fingerprint density at radius 2 is 1.95 bits per heavy atom. The first-order valence-electron chi connectivity index (χ1n) is 7.33. The maximum atomic E-state index is 11.7. The second kappa shape index (κ2) is 7.78. The molecule has 4 nitrogen and oxygen atoms in total. The second-order valence-electron chi connectivity index (χ2n) is 5.00. The van der Waals surface area contributed by atoms with Crippen LogP contribution in [0.25, 0.3) is 0 Å². The molecule has 1 aliphatic rings. The predicted molar refractivity (Wildman–Crippen MR) is 76.0 cm³/mol. The van der Waals surface area contributed by atoms with Crippen molar-refractivity contribution < 1.29 is 19.0 Å². The fourth-order valence-corrected chi connectivity index (χ4v) is 2.16. The lowest BCUT2D eigenvalue weighted by Crippen LogP contribution is -2.09. The van der Waals surface area contributed by atoms with E-state index < -0.39 is 0 Å². The Hall–Kier alpha value is -1.71. The SMILES string of the molecule is CCCCCCCOC(=O)Cc1ccc2c(c1)OCO2. The molecule has 0 unspecified atom stereocenters. The fraction of sp³-hybridized carbons (Fsp3) is 0.562. The van der Waals surface area contributed by atoms with Gasteiger partial charge in [0.15, 0.2) is 11.5 Å². The third kappa shape index (κ3) is 4.44. The van der Waals surface area contributed by atoms with Crippen molar-refractivity contribution in [3.8, 4) is 11.5 Å². The van der Waals surface area contributed by atoms with Crippen molar-refractivity contribution in [1.82, 2.24) is 0 Å². The predicted octanol–water partition coefficient (Wildman–Crippen LogP) is 3.47. The number of carbonyl (C=O) groups is 1. The molecule has 0 N–H and O–H groups in total. The lowest BCUT2D eigenvalue weighted by Gasteiger charge is -2.05. The fourth-order valence-electron chi connectivity index (χ4n) is 2.16. The van der Waals surface area contributed by atoms with Crippen LogP contribution in [0.5, 0.6) is 11.5 Å². The number of unbranched alkanes of at least 4 members (excludes halogenated alkanes) is 4. The van der Waals surface area contributed by atoms with Crippen molar-refractivity contribution in [3.63, 3.8) is 0 Å². The zero-order valence-electron chi connectivity index (χ0n) is 12.0.